The average molecular weight is 330 g/mol. The van der Waals surface area contributed by atoms with E-state index in [9.17, 15) is 10.2 Å². The van der Waals surface area contributed by atoms with E-state index in [2.05, 4.69) is 10.1 Å². The zero-order chi connectivity index (χ0) is 16.3. The summed E-state index contributed by atoms with van der Waals surface area (Å²) in [5.41, 5.74) is 0.584. The molecule has 0 saturated carbocycles. The highest BCUT2D eigenvalue weighted by atomic mass is 35.5. The lowest BCUT2D eigenvalue weighted by Crippen LogP contribution is -2.34. The molecule has 6 heteroatoms. The van der Waals surface area contributed by atoms with Gasteiger partial charge in [-0.15, -0.1) is 0 Å². The summed E-state index contributed by atoms with van der Waals surface area (Å²) in [6.45, 7) is 0.00900. The first-order valence-electron chi connectivity index (χ1n) is 7.13. The Balaban J connectivity index is 2.14. The zero-order valence-electron chi connectivity index (χ0n) is 12.3. The molecule has 2 N–H and O–H groups in total. The first-order valence-corrected chi connectivity index (χ1v) is 7.51. The van der Waals surface area contributed by atoms with E-state index < -0.39 is 5.60 Å². The molecule has 1 atom stereocenters. The Morgan fingerprint density at radius 1 is 1.09 bits per heavy atom. The van der Waals surface area contributed by atoms with Gasteiger partial charge in [0.2, 0.25) is 0 Å². The summed E-state index contributed by atoms with van der Waals surface area (Å²) in [7, 11) is 0. The molecule has 0 aliphatic rings. The van der Waals surface area contributed by atoms with Crippen LogP contribution >= 0.6 is 11.6 Å². The van der Waals surface area contributed by atoms with Crippen LogP contribution in [0.2, 0.25) is 5.02 Å². The molecule has 0 amide bonds. The molecule has 118 valence electrons. The maximum atomic E-state index is 11.5. The van der Waals surface area contributed by atoms with Gasteiger partial charge in [-0.05, 0) is 28.8 Å². The van der Waals surface area contributed by atoms with Crippen LogP contribution in [0.15, 0.2) is 61.2 Å². The highest BCUT2D eigenvalue weighted by Gasteiger charge is 2.34. The van der Waals surface area contributed by atoms with Gasteiger partial charge >= 0.3 is 0 Å². The van der Waals surface area contributed by atoms with E-state index >= 15 is 0 Å². The van der Waals surface area contributed by atoms with E-state index in [0.29, 0.717) is 21.7 Å². The van der Waals surface area contributed by atoms with Gasteiger partial charge in [-0.2, -0.15) is 5.10 Å². The molecule has 0 radical (unpaired) electrons. The van der Waals surface area contributed by atoms with Gasteiger partial charge in [0.1, 0.15) is 18.3 Å². The number of aliphatic hydroxyl groups excluding tert-OH is 1. The predicted molar refractivity (Wildman–Crippen MR) is 86.8 cm³/mol. The first kappa shape index (κ1) is 15.7. The molecule has 23 heavy (non-hydrogen) atoms. The first-order chi connectivity index (χ1) is 11.1. The summed E-state index contributed by atoms with van der Waals surface area (Å²) in [6, 6.07) is 14.2. The Labute approximate surface area is 138 Å². The number of halogens is 1. The number of rotatable bonds is 5. The second-order valence-corrected chi connectivity index (χ2v) is 5.71. The van der Waals surface area contributed by atoms with Crippen molar-refractivity contribution in [1.29, 1.82) is 0 Å². The molecular formula is C17H16ClN3O2. The van der Waals surface area contributed by atoms with Crippen LogP contribution < -0.4 is 0 Å². The van der Waals surface area contributed by atoms with E-state index in [1.165, 1.54) is 6.33 Å². The van der Waals surface area contributed by atoms with Gasteiger partial charge in [-0.25, -0.2) is 9.67 Å². The van der Waals surface area contributed by atoms with Crippen molar-refractivity contribution in [3.05, 3.63) is 82.9 Å². The lowest BCUT2D eigenvalue weighted by atomic mass is 9.83. The zero-order valence-corrected chi connectivity index (χ0v) is 13.1. The molecule has 2 aromatic carbocycles. The number of benzene rings is 2. The molecule has 1 heterocycles. The van der Waals surface area contributed by atoms with Gasteiger partial charge < -0.3 is 10.2 Å². The highest BCUT2D eigenvalue weighted by Crippen LogP contribution is 2.34. The van der Waals surface area contributed by atoms with Gasteiger partial charge in [0.25, 0.3) is 0 Å². The third-order valence-electron chi connectivity index (χ3n) is 3.81. The fraction of sp³-hybridized carbons (Fsp3) is 0.176. The minimum atomic E-state index is -1.36. The Morgan fingerprint density at radius 2 is 1.83 bits per heavy atom. The highest BCUT2D eigenvalue weighted by molar-refractivity contribution is 6.30. The minimum absolute atomic E-state index is 0.163. The number of hydrogen-bond donors (Lipinski definition) is 2. The van der Waals surface area contributed by atoms with Crippen molar-refractivity contribution < 1.29 is 10.2 Å². The summed E-state index contributed by atoms with van der Waals surface area (Å²) in [5.74, 6) is 0. The molecule has 1 aromatic heterocycles. The maximum absolute atomic E-state index is 11.5. The quantitative estimate of drug-likeness (QED) is 0.754. The fourth-order valence-corrected chi connectivity index (χ4v) is 2.79. The Morgan fingerprint density at radius 3 is 2.48 bits per heavy atom. The molecule has 3 rings (SSSR count). The topological polar surface area (TPSA) is 71.2 Å². The summed E-state index contributed by atoms with van der Waals surface area (Å²) in [5, 5.41) is 25.8. The lowest BCUT2D eigenvalue weighted by Gasteiger charge is -2.31. The van der Waals surface area contributed by atoms with E-state index in [4.69, 9.17) is 11.6 Å². The van der Waals surface area contributed by atoms with E-state index in [1.807, 2.05) is 12.1 Å². The largest absolute Gasteiger partial charge is 0.392 e. The van der Waals surface area contributed by atoms with Crippen LogP contribution in [0, 0.1) is 0 Å². The van der Waals surface area contributed by atoms with Crippen LogP contribution in [0.3, 0.4) is 0 Å². The molecule has 0 fully saturated rings. The van der Waals surface area contributed by atoms with Crippen molar-refractivity contribution in [3.63, 3.8) is 0 Å². The van der Waals surface area contributed by atoms with Crippen molar-refractivity contribution in [2.45, 2.75) is 18.8 Å². The van der Waals surface area contributed by atoms with Gasteiger partial charge in [-0.3, -0.25) is 0 Å². The van der Waals surface area contributed by atoms with Crippen LogP contribution in [-0.4, -0.2) is 25.0 Å². The van der Waals surface area contributed by atoms with Crippen LogP contribution in [-0.2, 0) is 18.8 Å². The van der Waals surface area contributed by atoms with Gasteiger partial charge in [-0.1, -0.05) is 48.0 Å². The third-order valence-corrected chi connectivity index (χ3v) is 4.06. The molecule has 0 bridgehead atoms. The van der Waals surface area contributed by atoms with Crippen molar-refractivity contribution in [3.8, 4) is 0 Å². The van der Waals surface area contributed by atoms with Crippen molar-refractivity contribution in [2.75, 3.05) is 0 Å². The smallest absolute Gasteiger partial charge is 0.137 e. The normalized spacial score (nSPS) is 13.7. The fourth-order valence-electron chi connectivity index (χ4n) is 2.67. The molecule has 5 nitrogen and oxygen atoms in total. The molecule has 0 aliphatic heterocycles. The number of aliphatic hydroxyl groups is 2. The standard InChI is InChI=1S/C17H16ClN3O2/c18-15-7-5-14(6-8-15)17(23,10-21-12-19-11-20-21)16-4-2-1-3-13(16)9-22/h1-8,11-12,22-23H,9-10H2/t17-/m1/s1. The monoisotopic (exact) mass is 329 g/mol. The summed E-state index contributed by atoms with van der Waals surface area (Å²) in [4.78, 5) is 3.92. The van der Waals surface area contributed by atoms with Crippen LogP contribution in [0.5, 0.6) is 0 Å². The van der Waals surface area contributed by atoms with Crippen molar-refractivity contribution in [2.24, 2.45) is 0 Å². The molecule has 0 saturated heterocycles. The van der Waals surface area contributed by atoms with Gasteiger partial charge in [0.15, 0.2) is 0 Å². The van der Waals surface area contributed by atoms with Gasteiger partial charge in [0.05, 0.1) is 13.2 Å². The minimum Gasteiger partial charge on any atom is -0.392 e. The number of aromatic nitrogens is 3. The molecule has 0 unspecified atom stereocenters. The summed E-state index contributed by atoms with van der Waals surface area (Å²) >= 11 is 5.96. The molecular weight excluding hydrogens is 314 g/mol. The van der Waals surface area contributed by atoms with E-state index in [1.54, 1.807) is 47.4 Å². The Bertz CT molecular complexity index is 775. The van der Waals surface area contributed by atoms with Crippen LogP contribution in [0.1, 0.15) is 16.7 Å². The van der Waals surface area contributed by atoms with Crippen LogP contribution in [0.25, 0.3) is 0 Å². The van der Waals surface area contributed by atoms with Gasteiger partial charge in [0, 0.05) is 5.02 Å². The summed E-state index contributed by atoms with van der Waals surface area (Å²) in [6.07, 6.45) is 2.96. The second-order valence-electron chi connectivity index (χ2n) is 5.28. The lowest BCUT2D eigenvalue weighted by molar-refractivity contribution is 0.0550. The van der Waals surface area contributed by atoms with Crippen LogP contribution in [0.4, 0.5) is 0 Å². The molecule has 0 spiro atoms. The second kappa shape index (κ2) is 6.50. The summed E-state index contributed by atoms with van der Waals surface area (Å²) < 4.78 is 1.56. The Hall–Kier alpha value is -2.21. The predicted octanol–water partition coefficient (Wildman–Crippen LogP) is 2.36. The van der Waals surface area contributed by atoms with E-state index in [0.717, 1.165) is 0 Å². The molecule has 3 aromatic rings. The van der Waals surface area contributed by atoms with E-state index in [-0.39, 0.29) is 13.2 Å². The maximum Gasteiger partial charge on any atom is 0.137 e. The third kappa shape index (κ3) is 3.12. The van der Waals surface area contributed by atoms with Crippen molar-refractivity contribution in [1.82, 2.24) is 14.8 Å². The Kier molecular flexibility index (Phi) is 4.43. The SMILES string of the molecule is OCc1ccccc1[C@@](O)(Cn1cncn1)c1ccc(Cl)cc1. The average Bonchev–Trinajstić information content (AvgIpc) is 3.08. The number of nitrogens with zero attached hydrogens (tertiary/aromatic N) is 3. The number of hydrogen-bond acceptors (Lipinski definition) is 4. The molecule has 0 aliphatic carbocycles. The van der Waals surface area contributed by atoms with Crippen molar-refractivity contribution >= 4 is 11.6 Å².